The third-order valence-corrected chi connectivity index (χ3v) is 6.76. The number of H-pyrrole nitrogens is 1. The van der Waals surface area contributed by atoms with Gasteiger partial charge < -0.3 is 24.7 Å². The van der Waals surface area contributed by atoms with Crippen LogP contribution in [0.4, 0.5) is 0 Å². The second-order valence-corrected chi connectivity index (χ2v) is 9.33. The summed E-state index contributed by atoms with van der Waals surface area (Å²) in [6.07, 6.45) is 0.812. The van der Waals surface area contributed by atoms with Crippen molar-refractivity contribution in [1.82, 2.24) is 15.2 Å². The summed E-state index contributed by atoms with van der Waals surface area (Å²) >= 11 is 5.85. The SMILES string of the molecule is C[C@@H](NC(=S)N(CCc1ccccc1)Cc1cc2cc3c(cc2[nH]c1=O)OCCO3)c1ccccc1. The topological polar surface area (TPSA) is 66.6 Å². The van der Waals surface area contributed by atoms with Crippen molar-refractivity contribution in [2.24, 2.45) is 0 Å². The summed E-state index contributed by atoms with van der Waals surface area (Å²) in [5.41, 5.74) is 3.60. The molecule has 0 saturated heterocycles. The second kappa shape index (κ2) is 10.8. The number of aromatic amines is 1. The number of hydrogen-bond acceptors (Lipinski definition) is 4. The predicted octanol–water partition coefficient (Wildman–Crippen LogP) is 4.98. The molecule has 0 spiro atoms. The van der Waals surface area contributed by atoms with Gasteiger partial charge >= 0.3 is 0 Å². The maximum atomic E-state index is 13.1. The molecule has 0 bridgehead atoms. The van der Waals surface area contributed by atoms with E-state index in [-0.39, 0.29) is 11.6 Å². The van der Waals surface area contributed by atoms with Crippen molar-refractivity contribution in [3.05, 3.63) is 106 Å². The molecule has 36 heavy (non-hydrogen) atoms. The van der Waals surface area contributed by atoms with E-state index < -0.39 is 0 Å². The quantitative estimate of drug-likeness (QED) is 0.350. The smallest absolute Gasteiger partial charge is 0.253 e. The zero-order valence-corrected chi connectivity index (χ0v) is 21.0. The molecule has 0 radical (unpaired) electrons. The van der Waals surface area contributed by atoms with E-state index in [4.69, 9.17) is 21.7 Å². The van der Waals surface area contributed by atoms with Crippen LogP contribution in [0.3, 0.4) is 0 Å². The molecule has 4 aromatic rings. The second-order valence-electron chi connectivity index (χ2n) is 8.95. The minimum absolute atomic E-state index is 0.0384. The van der Waals surface area contributed by atoms with Crippen molar-refractivity contribution in [3.8, 4) is 11.5 Å². The van der Waals surface area contributed by atoms with Crippen LogP contribution in [-0.4, -0.2) is 34.8 Å². The normalized spacial score (nSPS) is 13.2. The van der Waals surface area contributed by atoms with Crippen LogP contribution in [0, 0.1) is 0 Å². The molecular formula is C29H29N3O3S. The van der Waals surface area contributed by atoms with Gasteiger partial charge in [-0.05, 0) is 48.8 Å². The molecule has 0 saturated carbocycles. The number of ether oxygens (including phenoxy) is 2. The first-order valence-electron chi connectivity index (χ1n) is 12.2. The van der Waals surface area contributed by atoms with Crippen LogP contribution < -0.4 is 20.3 Å². The van der Waals surface area contributed by atoms with Crippen LogP contribution in [0.15, 0.2) is 83.7 Å². The maximum Gasteiger partial charge on any atom is 0.253 e. The summed E-state index contributed by atoms with van der Waals surface area (Å²) in [6.45, 7) is 4.17. The molecule has 0 unspecified atom stereocenters. The van der Waals surface area contributed by atoms with Crippen molar-refractivity contribution in [3.63, 3.8) is 0 Å². The van der Waals surface area contributed by atoms with E-state index in [1.807, 2.05) is 54.6 Å². The van der Waals surface area contributed by atoms with Crippen molar-refractivity contribution >= 4 is 28.2 Å². The lowest BCUT2D eigenvalue weighted by Crippen LogP contribution is -2.42. The van der Waals surface area contributed by atoms with E-state index in [9.17, 15) is 4.79 Å². The molecule has 6 nitrogen and oxygen atoms in total. The highest BCUT2D eigenvalue weighted by atomic mass is 32.1. The number of nitrogens with one attached hydrogen (secondary N) is 2. The van der Waals surface area contributed by atoms with Gasteiger partial charge in [0.15, 0.2) is 16.6 Å². The van der Waals surface area contributed by atoms with Gasteiger partial charge in [0.2, 0.25) is 0 Å². The third-order valence-electron chi connectivity index (χ3n) is 6.39. The Hall–Kier alpha value is -3.84. The van der Waals surface area contributed by atoms with Crippen LogP contribution in [0.2, 0.25) is 0 Å². The lowest BCUT2D eigenvalue weighted by atomic mass is 10.1. The average Bonchev–Trinajstić information content (AvgIpc) is 2.91. The summed E-state index contributed by atoms with van der Waals surface area (Å²) in [5, 5.41) is 4.97. The molecule has 2 heterocycles. The summed E-state index contributed by atoms with van der Waals surface area (Å²) in [4.78, 5) is 18.1. The molecule has 1 aliphatic rings. The van der Waals surface area contributed by atoms with Crippen LogP contribution in [-0.2, 0) is 13.0 Å². The molecule has 1 atom stereocenters. The van der Waals surface area contributed by atoms with Gasteiger partial charge in [-0.25, -0.2) is 0 Å². The molecule has 0 fully saturated rings. The lowest BCUT2D eigenvalue weighted by Gasteiger charge is -2.28. The summed E-state index contributed by atoms with van der Waals surface area (Å²) < 4.78 is 11.4. The number of rotatable bonds is 7. The first-order chi connectivity index (χ1) is 17.6. The number of hydrogen-bond donors (Lipinski definition) is 2. The Morgan fingerprint density at radius 2 is 1.67 bits per heavy atom. The van der Waals surface area contributed by atoms with Crippen LogP contribution in [0.5, 0.6) is 11.5 Å². The maximum absolute atomic E-state index is 13.1. The van der Waals surface area contributed by atoms with E-state index in [2.05, 4.69) is 46.4 Å². The molecular weight excluding hydrogens is 470 g/mol. The molecule has 1 aromatic heterocycles. The fraction of sp³-hybridized carbons (Fsp3) is 0.241. The Labute approximate surface area is 215 Å². The summed E-state index contributed by atoms with van der Waals surface area (Å²) in [6, 6.07) is 26.2. The van der Waals surface area contributed by atoms with Gasteiger partial charge in [-0.15, -0.1) is 0 Å². The zero-order valence-electron chi connectivity index (χ0n) is 20.2. The molecule has 184 valence electrons. The molecule has 7 heteroatoms. The van der Waals surface area contributed by atoms with Gasteiger partial charge in [-0.1, -0.05) is 60.7 Å². The van der Waals surface area contributed by atoms with E-state index >= 15 is 0 Å². The first kappa shape index (κ1) is 23.9. The van der Waals surface area contributed by atoms with Crippen molar-refractivity contribution in [1.29, 1.82) is 0 Å². The third kappa shape index (κ3) is 5.52. The van der Waals surface area contributed by atoms with Crippen LogP contribution >= 0.6 is 12.2 Å². The van der Waals surface area contributed by atoms with Gasteiger partial charge in [0.05, 0.1) is 18.1 Å². The molecule has 0 aliphatic carbocycles. The van der Waals surface area contributed by atoms with Crippen molar-refractivity contribution < 1.29 is 9.47 Å². The van der Waals surface area contributed by atoms with E-state index in [1.165, 1.54) is 5.56 Å². The van der Waals surface area contributed by atoms with E-state index in [1.54, 1.807) is 0 Å². The van der Waals surface area contributed by atoms with Gasteiger partial charge in [0.25, 0.3) is 5.56 Å². The van der Waals surface area contributed by atoms with Crippen molar-refractivity contribution in [2.45, 2.75) is 25.9 Å². The summed E-state index contributed by atoms with van der Waals surface area (Å²) in [7, 11) is 0. The molecule has 5 rings (SSSR count). The highest BCUT2D eigenvalue weighted by molar-refractivity contribution is 7.80. The number of fused-ring (bicyclic) bond motifs is 2. The minimum atomic E-state index is -0.136. The van der Waals surface area contributed by atoms with Crippen LogP contribution in [0.25, 0.3) is 10.9 Å². The number of benzene rings is 3. The highest BCUT2D eigenvalue weighted by Gasteiger charge is 2.18. The number of nitrogens with zero attached hydrogens (tertiary/aromatic N) is 1. The molecule has 1 aliphatic heterocycles. The largest absolute Gasteiger partial charge is 0.486 e. The van der Waals surface area contributed by atoms with E-state index in [0.29, 0.717) is 48.5 Å². The molecule has 3 aromatic carbocycles. The van der Waals surface area contributed by atoms with Gasteiger partial charge in [0, 0.05) is 23.6 Å². The van der Waals surface area contributed by atoms with Gasteiger partial charge in [-0.3, -0.25) is 4.79 Å². The lowest BCUT2D eigenvalue weighted by molar-refractivity contribution is 0.172. The van der Waals surface area contributed by atoms with Crippen molar-refractivity contribution in [2.75, 3.05) is 19.8 Å². The van der Waals surface area contributed by atoms with E-state index in [0.717, 1.165) is 22.9 Å². The predicted molar refractivity (Wildman–Crippen MR) is 147 cm³/mol. The first-order valence-corrected chi connectivity index (χ1v) is 12.6. The Morgan fingerprint density at radius 3 is 2.39 bits per heavy atom. The van der Waals surface area contributed by atoms with Gasteiger partial charge in [-0.2, -0.15) is 0 Å². The minimum Gasteiger partial charge on any atom is -0.486 e. The highest BCUT2D eigenvalue weighted by Crippen LogP contribution is 2.33. The zero-order chi connectivity index (χ0) is 24.9. The van der Waals surface area contributed by atoms with Gasteiger partial charge in [0.1, 0.15) is 13.2 Å². The van der Waals surface area contributed by atoms with Crippen LogP contribution in [0.1, 0.15) is 29.7 Å². The number of thiocarbonyl (C=S) groups is 1. The molecule has 2 N–H and O–H groups in total. The fourth-order valence-corrected chi connectivity index (χ4v) is 4.71. The number of aromatic nitrogens is 1. The Morgan fingerprint density at radius 1 is 1.00 bits per heavy atom. The summed E-state index contributed by atoms with van der Waals surface area (Å²) in [5.74, 6) is 1.35. The number of pyridine rings is 1. The Balaban J connectivity index is 1.40. The standard InChI is InChI=1S/C29H29N3O3S/c1-20(22-10-6-3-7-11-22)30-29(36)32(13-12-21-8-4-2-5-9-21)19-24-16-23-17-26-27(35-15-14-34-26)18-25(23)31-28(24)33/h2-11,16-18,20H,12-15,19H2,1H3,(H,30,36)(H,31,33)/t20-/m1/s1. The monoisotopic (exact) mass is 499 g/mol. The fourth-order valence-electron chi connectivity index (χ4n) is 4.37. The average molecular weight is 500 g/mol. The molecule has 0 amide bonds. The Kier molecular flexibility index (Phi) is 7.18. The Bertz CT molecular complexity index is 1410.